The molecule has 2 aromatic rings. The summed E-state index contributed by atoms with van der Waals surface area (Å²) in [7, 11) is 1.35. The van der Waals surface area contributed by atoms with Crippen molar-refractivity contribution in [2.45, 2.75) is 13.3 Å². The lowest BCUT2D eigenvalue weighted by atomic mass is 10.1. The minimum Gasteiger partial charge on any atom is -0.469 e. The number of carbonyl (C=O) groups is 3. The van der Waals surface area contributed by atoms with E-state index in [0.717, 1.165) is 35.6 Å². The molecule has 0 bridgehead atoms. The van der Waals surface area contributed by atoms with Gasteiger partial charge in [0.1, 0.15) is 0 Å². The van der Waals surface area contributed by atoms with Gasteiger partial charge in [-0.05, 0) is 43.3 Å². The molecule has 0 N–H and O–H groups in total. The molecule has 7 nitrogen and oxygen atoms in total. The zero-order valence-corrected chi connectivity index (χ0v) is 17.9. The van der Waals surface area contributed by atoms with Crippen LogP contribution in [0.25, 0.3) is 0 Å². The summed E-state index contributed by atoms with van der Waals surface area (Å²) in [6, 6.07) is 15.5. The van der Waals surface area contributed by atoms with Gasteiger partial charge < -0.3 is 19.4 Å². The lowest BCUT2D eigenvalue weighted by Crippen LogP contribution is -2.48. The Balaban J connectivity index is 1.35. The Labute approximate surface area is 182 Å². The van der Waals surface area contributed by atoms with E-state index >= 15 is 0 Å². The topological polar surface area (TPSA) is 70.2 Å². The number of methoxy groups -OCH3 is 1. The summed E-state index contributed by atoms with van der Waals surface area (Å²) in [6.07, 6.45) is 0.186. The van der Waals surface area contributed by atoms with Crippen molar-refractivity contribution >= 4 is 29.2 Å². The molecule has 2 aliphatic heterocycles. The third kappa shape index (κ3) is 4.40. The second-order valence-electron chi connectivity index (χ2n) is 8.09. The quantitative estimate of drug-likeness (QED) is 0.710. The second-order valence-corrected chi connectivity index (χ2v) is 8.09. The molecule has 0 aliphatic carbocycles. The van der Waals surface area contributed by atoms with Crippen molar-refractivity contribution in [2.75, 3.05) is 49.6 Å². The fraction of sp³-hybridized carbons (Fsp3) is 0.375. The van der Waals surface area contributed by atoms with E-state index in [0.29, 0.717) is 19.6 Å². The molecule has 4 rings (SSSR count). The summed E-state index contributed by atoms with van der Waals surface area (Å²) in [5.74, 6) is -0.740. The van der Waals surface area contributed by atoms with Crippen molar-refractivity contribution < 1.29 is 19.1 Å². The standard InChI is InChI=1S/C24H27N3O4/c1-17-3-5-18(6-4-17)23(29)26-13-11-25(12-14-26)20-7-9-21(10-8-20)27-16-19(15-22(27)28)24(30)31-2/h3-10,19H,11-16H2,1-2H3/t19-/m1/s1. The summed E-state index contributed by atoms with van der Waals surface area (Å²) in [4.78, 5) is 42.5. The number of anilines is 2. The van der Waals surface area contributed by atoms with E-state index in [1.807, 2.05) is 60.4 Å². The van der Waals surface area contributed by atoms with Gasteiger partial charge >= 0.3 is 5.97 Å². The summed E-state index contributed by atoms with van der Waals surface area (Å²) in [5.41, 5.74) is 3.71. The van der Waals surface area contributed by atoms with Crippen LogP contribution in [0.2, 0.25) is 0 Å². The number of nitrogens with zero attached hydrogens (tertiary/aromatic N) is 3. The van der Waals surface area contributed by atoms with Gasteiger partial charge in [0, 0.05) is 56.1 Å². The van der Waals surface area contributed by atoms with Crippen LogP contribution < -0.4 is 9.80 Å². The minimum absolute atomic E-state index is 0.0635. The molecule has 0 radical (unpaired) electrons. The highest BCUT2D eigenvalue weighted by atomic mass is 16.5. The van der Waals surface area contributed by atoms with Crippen LogP contribution >= 0.6 is 0 Å². The molecule has 31 heavy (non-hydrogen) atoms. The third-order valence-corrected chi connectivity index (χ3v) is 6.05. The van der Waals surface area contributed by atoms with Gasteiger partial charge in [-0.3, -0.25) is 14.4 Å². The van der Waals surface area contributed by atoms with E-state index in [9.17, 15) is 14.4 Å². The molecule has 0 saturated carbocycles. The van der Waals surface area contributed by atoms with Gasteiger partial charge in [-0.15, -0.1) is 0 Å². The van der Waals surface area contributed by atoms with E-state index < -0.39 is 5.92 Å². The highest BCUT2D eigenvalue weighted by Gasteiger charge is 2.35. The fourth-order valence-electron chi connectivity index (χ4n) is 4.17. The first-order valence-corrected chi connectivity index (χ1v) is 10.6. The van der Waals surface area contributed by atoms with Gasteiger partial charge in [-0.1, -0.05) is 17.7 Å². The van der Waals surface area contributed by atoms with Crippen molar-refractivity contribution in [1.29, 1.82) is 0 Å². The molecule has 2 saturated heterocycles. The molecule has 2 fully saturated rings. The van der Waals surface area contributed by atoms with Gasteiger partial charge in [0.25, 0.3) is 5.91 Å². The number of benzene rings is 2. The SMILES string of the molecule is COC(=O)[C@@H]1CC(=O)N(c2ccc(N3CCN(C(=O)c4ccc(C)cc4)CC3)cc2)C1. The highest BCUT2D eigenvalue weighted by molar-refractivity contribution is 5.99. The van der Waals surface area contributed by atoms with E-state index in [2.05, 4.69) is 4.90 Å². The van der Waals surface area contributed by atoms with Gasteiger partial charge in [0.2, 0.25) is 5.91 Å². The predicted molar refractivity (Wildman–Crippen MR) is 118 cm³/mol. The first kappa shape index (κ1) is 20.9. The number of hydrogen-bond acceptors (Lipinski definition) is 5. The number of rotatable bonds is 4. The third-order valence-electron chi connectivity index (χ3n) is 6.05. The summed E-state index contributed by atoms with van der Waals surface area (Å²) >= 11 is 0. The maximum Gasteiger partial charge on any atom is 0.311 e. The number of aryl methyl sites for hydroxylation is 1. The van der Waals surface area contributed by atoms with Crippen LogP contribution in [0.1, 0.15) is 22.3 Å². The Hall–Kier alpha value is -3.35. The number of carbonyl (C=O) groups excluding carboxylic acids is 3. The molecular weight excluding hydrogens is 394 g/mol. The molecule has 1 atom stereocenters. The van der Waals surface area contributed by atoms with Gasteiger partial charge in [0.05, 0.1) is 13.0 Å². The highest BCUT2D eigenvalue weighted by Crippen LogP contribution is 2.28. The molecule has 2 aliphatic rings. The lowest BCUT2D eigenvalue weighted by molar-refractivity contribution is -0.145. The molecule has 0 spiro atoms. The van der Waals surface area contributed by atoms with Crippen LogP contribution in [-0.2, 0) is 14.3 Å². The van der Waals surface area contributed by atoms with Crippen LogP contribution in [0.5, 0.6) is 0 Å². The number of esters is 1. The minimum atomic E-state index is -0.406. The number of hydrogen-bond donors (Lipinski definition) is 0. The van der Waals surface area contributed by atoms with E-state index in [-0.39, 0.29) is 24.2 Å². The maximum atomic E-state index is 12.7. The Morgan fingerprint density at radius 2 is 1.52 bits per heavy atom. The van der Waals surface area contributed by atoms with E-state index in [4.69, 9.17) is 4.74 Å². The maximum absolute atomic E-state index is 12.7. The van der Waals surface area contributed by atoms with Crippen LogP contribution in [0.3, 0.4) is 0 Å². The zero-order valence-electron chi connectivity index (χ0n) is 17.9. The van der Waals surface area contributed by atoms with Crippen molar-refractivity contribution in [3.8, 4) is 0 Å². The number of amides is 2. The Bertz CT molecular complexity index is 963. The molecule has 2 aromatic carbocycles. The summed E-state index contributed by atoms with van der Waals surface area (Å²) in [6.45, 7) is 5.20. The summed E-state index contributed by atoms with van der Waals surface area (Å²) < 4.78 is 4.77. The second kappa shape index (κ2) is 8.79. The average molecular weight is 421 g/mol. The number of piperazine rings is 1. The van der Waals surface area contributed by atoms with Crippen molar-refractivity contribution in [2.24, 2.45) is 5.92 Å². The first-order chi connectivity index (χ1) is 15.0. The molecule has 162 valence electrons. The average Bonchev–Trinajstić information content (AvgIpc) is 3.20. The first-order valence-electron chi connectivity index (χ1n) is 10.6. The Morgan fingerprint density at radius 1 is 0.903 bits per heavy atom. The lowest BCUT2D eigenvalue weighted by Gasteiger charge is -2.36. The molecule has 0 aromatic heterocycles. The smallest absolute Gasteiger partial charge is 0.311 e. The van der Waals surface area contributed by atoms with E-state index in [1.165, 1.54) is 7.11 Å². The van der Waals surface area contributed by atoms with Crippen LogP contribution in [0.4, 0.5) is 11.4 Å². The molecule has 2 amide bonds. The van der Waals surface area contributed by atoms with Crippen LogP contribution in [-0.4, -0.2) is 62.5 Å². The van der Waals surface area contributed by atoms with Crippen molar-refractivity contribution in [3.63, 3.8) is 0 Å². The van der Waals surface area contributed by atoms with Gasteiger partial charge in [0.15, 0.2) is 0 Å². The van der Waals surface area contributed by atoms with Gasteiger partial charge in [-0.25, -0.2) is 0 Å². The van der Waals surface area contributed by atoms with Gasteiger partial charge in [-0.2, -0.15) is 0 Å². The van der Waals surface area contributed by atoms with E-state index in [1.54, 1.807) is 4.90 Å². The van der Waals surface area contributed by atoms with Crippen LogP contribution in [0, 0.1) is 12.8 Å². The largest absolute Gasteiger partial charge is 0.469 e. The monoisotopic (exact) mass is 421 g/mol. The Morgan fingerprint density at radius 3 is 2.13 bits per heavy atom. The molecule has 7 heteroatoms. The normalized spacial score (nSPS) is 19.0. The molecular formula is C24H27N3O4. The van der Waals surface area contributed by atoms with Crippen molar-refractivity contribution in [1.82, 2.24) is 4.90 Å². The fourth-order valence-corrected chi connectivity index (χ4v) is 4.17. The zero-order chi connectivity index (χ0) is 22.0. The number of ether oxygens (including phenoxy) is 1. The summed E-state index contributed by atoms with van der Waals surface area (Å²) in [5, 5.41) is 0. The van der Waals surface area contributed by atoms with Crippen molar-refractivity contribution in [3.05, 3.63) is 59.7 Å². The predicted octanol–water partition coefficient (Wildman–Crippen LogP) is 2.48. The molecule has 0 unspecified atom stereocenters. The van der Waals surface area contributed by atoms with Crippen LogP contribution in [0.15, 0.2) is 48.5 Å². The molecule has 2 heterocycles. The Kier molecular flexibility index (Phi) is 5.93.